The Kier molecular flexibility index (Phi) is 6.10. The van der Waals surface area contributed by atoms with Gasteiger partial charge in [-0.25, -0.2) is 17.4 Å². The van der Waals surface area contributed by atoms with E-state index in [1.807, 2.05) is 0 Å². The van der Waals surface area contributed by atoms with E-state index in [4.69, 9.17) is 23.2 Å². The Hall–Kier alpha value is -1.61. The van der Waals surface area contributed by atoms with Gasteiger partial charge in [-0.2, -0.15) is 5.10 Å². The summed E-state index contributed by atoms with van der Waals surface area (Å²) in [7, 11) is -0.564. The molecule has 25 heavy (non-hydrogen) atoms. The number of aromatic nitrogens is 2. The number of benzene rings is 1. The summed E-state index contributed by atoms with van der Waals surface area (Å²) >= 11 is 11.5. The zero-order chi connectivity index (χ0) is 18.8. The van der Waals surface area contributed by atoms with Crippen LogP contribution >= 0.6 is 23.2 Å². The third kappa shape index (κ3) is 4.33. The highest BCUT2D eigenvalue weighted by molar-refractivity contribution is 7.89. The largest absolute Gasteiger partial charge is 0.383 e. The summed E-state index contributed by atoms with van der Waals surface area (Å²) in [5, 5.41) is 7.01. The lowest BCUT2D eigenvalue weighted by Gasteiger charge is -2.15. The molecule has 2 rings (SSSR count). The van der Waals surface area contributed by atoms with Gasteiger partial charge in [0, 0.05) is 26.3 Å². The SMILES string of the molecule is Cc1ccc(NCCn2ncc(Cl)c(Cl)c2=O)cc1S(=O)(=O)N(C)C. The Morgan fingerprint density at radius 3 is 2.60 bits per heavy atom. The smallest absolute Gasteiger partial charge is 0.287 e. The molecule has 0 unspecified atom stereocenters. The van der Waals surface area contributed by atoms with E-state index in [0.29, 0.717) is 17.8 Å². The molecule has 0 saturated carbocycles. The molecule has 0 spiro atoms. The number of nitrogens with zero attached hydrogens (tertiary/aromatic N) is 3. The van der Waals surface area contributed by atoms with Gasteiger partial charge in [0.1, 0.15) is 5.02 Å². The molecule has 1 aromatic carbocycles. The van der Waals surface area contributed by atoms with Gasteiger partial charge in [0.05, 0.1) is 22.7 Å². The van der Waals surface area contributed by atoms with Crippen LogP contribution in [0.2, 0.25) is 10.0 Å². The Labute approximate surface area is 156 Å². The number of sulfonamides is 1. The number of nitrogens with one attached hydrogen (secondary N) is 1. The lowest BCUT2D eigenvalue weighted by atomic mass is 10.2. The maximum absolute atomic E-state index is 12.3. The van der Waals surface area contributed by atoms with E-state index in [9.17, 15) is 13.2 Å². The third-order valence-corrected chi connectivity index (χ3v) is 6.25. The fourth-order valence-electron chi connectivity index (χ4n) is 2.10. The molecule has 1 aromatic heterocycles. The summed E-state index contributed by atoms with van der Waals surface area (Å²) in [6.07, 6.45) is 1.30. The van der Waals surface area contributed by atoms with Gasteiger partial charge < -0.3 is 5.32 Å². The fraction of sp³-hybridized carbons (Fsp3) is 0.333. The third-order valence-electron chi connectivity index (χ3n) is 3.54. The van der Waals surface area contributed by atoms with Gasteiger partial charge in [0.25, 0.3) is 5.56 Å². The topological polar surface area (TPSA) is 84.3 Å². The monoisotopic (exact) mass is 404 g/mol. The first-order chi connectivity index (χ1) is 11.6. The van der Waals surface area contributed by atoms with Crippen LogP contribution in [0.5, 0.6) is 0 Å². The lowest BCUT2D eigenvalue weighted by Crippen LogP contribution is -2.26. The molecule has 0 saturated heterocycles. The molecule has 10 heteroatoms. The van der Waals surface area contributed by atoms with E-state index < -0.39 is 15.6 Å². The first-order valence-electron chi connectivity index (χ1n) is 7.32. The highest BCUT2D eigenvalue weighted by atomic mass is 35.5. The van der Waals surface area contributed by atoms with Crippen LogP contribution in [0.15, 0.2) is 34.1 Å². The molecule has 1 heterocycles. The average Bonchev–Trinajstić information content (AvgIpc) is 2.56. The molecule has 0 bridgehead atoms. The van der Waals surface area contributed by atoms with Crippen LogP contribution in [-0.4, -0.2) is 43.1 Å². The van der Waals surface area contributed by atoms with Crippen molar-refractivity contribution in [2.75, 3.05) is 26.0 Å². The molecule has 2 aromatic rings. The standard InChI is InChI=1S/C15H18Cl2N4O3S/c1-10-4-5-11(8-13(10)25(23,24)20(2)3)18-6-7-21-15(22)14(17)12(16)9-19-21/h4-5,8-9,18H,6-7H2,1-3H3. The molecule has 0 aliphatic rings. The van der Waals surface area contributed by atoms with Gasteiger partial charge in [0.2, 0.25) is 10.0 Å². The summed E-state index contributed by atoms with van der Waals surface area (Å²) in [5.74, 6) is 0. The van der Waals surface area contributed by atoms with Crippen LogP contribution in [0.1, 0.15) is 5.56 Å². The predicted molar refractivity (Wildman–Crippen MR) is 99.1 cm³/mol. The molecule has 0 radical (unpaired) electrons. The Bertz CT molecular complexity index is 942. The first kappa shape index (κ1) is 19.7. The van der Waals surface area contributed by atoms with Crippen LogP contribution in [0.3, 0.4) is 0 Å². The van der Waals surface area contributed by atoms with Crippen molar-refractivity contribution in [2.45, 2.75) is 18.4 Å². The normalized spacial score (nSPS) is 11.8. The van der Waals surface area contributed by atoms with Crippen LogP contribution in [0.4, 0.5) is 5.69 Å². The van der Waals surface area contributed by atoms with Crippen molar-refractivity contribution in [3.05, 3.63) is 50.4 Å². The summed E-state index contributed by atoms with van der Waals surface area (Å²) in [6.45, 7) is 2.34. The van der Waals surface area contributed by atoms with Gasteiger partial charge in [-0.1, -0.05) is 29.3 Å². The second-order valence-corrected chi connectivity index (χ2v) is 8.43. The minimum atomic E-state index is -3.53. The molecule has 136 valence electrons. The minimum Gasteiger partial charge on any atom is -0.383 e. The van der Waals surface area contributed by atoms with Crippen molar-refractivity contribution in [1.29, 1.82) is 0 Å². The predicted octanol–water partition coefficient (Wildman–Crippen LogP) is 2.22. The minimum absolute atomic E-state index is 0.0774. The van der Waals surface area contributed by atoms with Crippen LogP contribution in [0, 0.1) is 6.92 Å². The van der Waals surface area contributed by atoms with Crippen LogP contribution in [0.25, 0.3) is 0 Å². The fourth-order valence-corrected chi connectivity index (χ4v) is 3.51. The van der Waals surface area contributed by atoms with Crippen molar-refractivity contribution < 1.29 is 8.42 Å². The quantitative estimate of drug-likeness (QED) is 0.797. The van der Waals surface area contributed by atoms with Crippen molar-refractivity contribution in [2.24, 2.45) is 0 Å². The zero-order valence-corrected chi connectivity index (χ0v) is 16.3. The van der Waals surface area contributed by atoms with Crippen molar-refractivity contribution in [3.63, 3.8) is 0 Å². The Morgan fingerprint density at radius 1 is 1.28 bits per heavy atom. The van der Waals surface area contributed by atoms with Gasteiger partial charge >= 0.3 is 0 Å². The van der Waals surface area contributed by atoms with Crippen molar-refractivity contribution in [3.8, 4) is 0 Å². The maximum atomic E-state index is 12.3. The molecular weight excluding hydrogens is 387 g/mol. The summed E-state index contributed by atoms with van der Waals surface area (Å²) in [4.78, 5) is 12.1. The number of halogens is 2. The van der Waals surface area contributed by atoms with E-state index >= 15 is 0 Å². The zero-order valence-electron chi connectivity index (χ0n) is 14.0. The van der Waals surface area contributed by atoms with E-state index in [1.54, 1.807) is 25.1 Å². The molecule has 7 nitrogen and oxygen atoms in total. The van der Waals surface area contributed by atoms with E-state index in [0.717, 1.165) is 4.31 Å². The van der Waals surface area contributed by atoms with E-state index in [-0.39, 0.29) is 21.5 Å². The summed E-state index contributed by atoms with van der Waals surface area (Å²) < 4.78 is 27.0. The van der Waals surface area contributed by atoms with Gasteiger partial charge in [-0.3, -0.25) is 4.79 Å². The molecule has 0 fully saturated rings. The maximum Gasteiger partial charge on any atom is 0.287 e. The van der Waals surface area contributed by atoms with Crippen molar-refractivity contribution >= 4 is 38.9 Å². The molecule has 1 N–H and O–H groups in total. The second kappa shape index (κ2) is 7.74. The van der Waals surface area contributed by atoms with E-state index in [2.05, 4.69) is 10.4 Å². The number of hydrogen-bond donors (Lipinski definition) is 1. The van der Waals surface area contributed by atoms with Gasteiger partial charge in [-0.05, 0) is 24.6 Å². The highest BCUT2D eigenvalue weighted by Gasteiger charge is 2.20. The lowest BCUT2D eigenvalue weighted by molar-refractivity contribution is 0.520. The molecule has 0 atom stereocenters. The first-order valence-corrected chi connectivity index (χ1v) is 9.52. The van der Waals surface area contributed by atoms with Crippen LogP contribution in [-0.2, 0) is 16.6 Å². The average molecular weight is 405 g/mol. The molecule has 0 amide bonds. The Balaban J connectivity index is 2.15. The number of anilines is 1. The van der Waals surface area contributed by atoms with E-state index in [1.165, 1.54) is 25.0 Å². The molecule has 0 aliphatic heterocycles. The summed E-state index contributed by atoms with van der Waals surface area (Å²) in [5.41, 5.74) is 0.802. The van der Waals surface area contributed by atoms with Crippen molar-refractivity contribution in [1.82, 2.24) is 14.1 Å². The van der Waals surface area contributed by atoms with Gasteiger partial charge in [-0.15, -0.1) is 0 Å². The molecule has 0 aliphatic carbocycles. The number of hydrogen-bond acceptors (Lipinski definition) is 5. The number of rotatable bonds is 6. The number of aryl methyl sites for hydroxylation is 1. The second-order valence-electron chi connectivity index (χ2n) is 5.53. The highest BCUT2D eigenvalue weighted by Crippen LogP contribution is 2.22. The Morgan fingerprint density at radius 2 is 1.96 bits per heavy atom. The molecular formula is C15H18Cl2N4O3S. The van der Waals surface area contributed by atoms with Crippen LogP contribution < -0.4 is 10.9 Å². The van der Waals surface area contributed by atoms with Gasteiger partial charge in [0.15, 0.2) is 0 Å². The summed E-state index contributed by atoms with van der Waals surface area (Å²) in [6, 6.07) is 5.06.